The van der Waals surface area contributed by atoms with Gasteiger partial charge < -0.3 is 15.3 Å². The highest BCUT2D eigenvalue weighted by molar-refractivity contribution is 6.30. The molecule has 2 amide bonds. The number of rotatable bonds is 3. The zero-order valence-electron chi connectivity index (χ0n) is 11.6. The van der Waals surface area contributed by atoms with Gasteiger partial charge in [0, 0.05) is 17.6 Å². The second kappa shape index (κ2) is 6.58. The molecule has 21 heavy (non-hydrogen) atoms. The van der Waals surface area contributed by atoms with Crippen molar-refractivity contribution < 1.29 is 18.7 Å². The predicted octanol–water partition coefficient (Wildman–Crippen LogP) is 3.39. The summed E-state index contributed by atoms with van der Waals surface area (Å²) in [7, 11) is 0. The molecule has 7 heteroatoms. The van der Waals surface area contributed by atoms with Crippen LogP contribution in [0.4, 0.5) is 19.3 Å². The Labute approximate surface area is 126 Å². The Morgan fingerprint density at radius 1 is 1.52 bits per heavy atom. The Morgan fingerprint density at radius 3 is 2.71 bits per heavy atom. The van der Waals surface area contributed by atoms with Crippen LogP contribution < -0.4 is 5.32 Å². The minimum atomic E-state index is -0.917. The molecule has 2 N–H and O–H groups in total. The summed E-state index contributed by atoms with van der Waals surface area (Å²) >= 11 is 5.54. The molecule has 2 unspecified atom stereocenters. The van der Waals surface area contributed by atoms with Gasteiger partial charge in [-0.25, -0.2) is 13.6 Å². The van der Waals surface area contributed by atoms with Gasteiger partial charge in [-0.2, -0.15) is 0 Å². The number of halogens is 3. The Bertz CT molecular complexity index is 517. The first kappa shape index (κ1) is 16.0. The molecule has 0 bridgehead atoms. The highest BCUT2D eigenvalue weighted by Crippen LogP contribution is 2.26. The largest absolute Gasteiger partial charge is 0.393 e. The third-order valence-corrected chi connectivity index (χ3v) is 3.71. The molecule has 1 aliphatic rings. The van der Waals surface area contributed by atoms with Gasteiger partial charge >= 0.3 is 6.03 Å². The van der Waals surface area contributed by atoms with Gasteiger partial charge in [-0.1, -0.05) is 11.6 Å². The van der Waals surface area contributed by atoms with Gasteiger partial charge in [-0.05, 0) is 38.3 Å². The van der Waals surface area contributed by atoms with Crippen molar-refractivity contribution in [3.05, 3.63) is 28.8 Å². The number of nitrogens with zero attached hydrogens (tertiary/aromatic N) is 1. The lowest BCUT2D eigenvalue weighted by Crippen LogP contribution is -2.40. The normalized spacial score (nSPS) is 19.7. The van der Waals surface area contributed by atoms with E-state index in [9.17, 15) is 18.7 Å². The molecule has 0 spiro atoms. The molecule has 0 radical (unpaired) electrons. The van der Waals surface area contributed by atoms with E-state index in [0.29, 0.717) is 13.0 Å². The summed E-state index contributed by atoms with van der Waals surface area (Å²) < 4.78 is 27.3. The minimum absolute atomic E-state index is 0.0730. The lowest BCUT2D eigenvalue weighted by molar-refractivity contribution is 0.142. The Morgan fingerprint density at radius 2 is 2.14 bits per heavy atom. The quantitative estimate of drug-likeness (QED) is 0.897. The highest BCUT2D eigenvalue weighted by atomic mass is 35.5. The summed E-state index contributed by atoms with van der Waals surface area (Å²) in [4.78, 5) is 13.7. The van der Waals surface area contributed by atoms with Gasteiger partial charge in [-0.3, -0.25) is 0 Å². The van der Waals surface area contributed by atoms with Crippen molar-refractivity contribution in [3.8, 4) is 0 Å². The van der Waals surface area contributed by atoms with E-state index in [1.54, 1.807) is 6.92 Å². The molecule has 1 fully saturated rings. The molecule has 4 nitrogen and oxygen atoms in total. The molecule has 1 aliphatic heterocycles. The first-order valence-electron chi connectivity index (χ1n) is 6.78. The number of nitrogens with one attached hydrogen (secondary N) is 1. The number of benzene rings is 1. The highest BCUT2D eigenvalue weighted by Gasteiger charge is 2.30. The summed E-state index contributed by atoms with van der Waals surface area (Å²) in [6.45, 7) is 2.15. The summed E-state index contributed by atoms with van der Waals surface area (Å²) in [6.07, 6.45) is 1.48. The van der Waals surface area contributed by atoms with E-state index in [0.717, 1.165) is 25.0 Å². The van der Waals surface area contributed by atoms with Crippen LogP contribution in [-0.2, 0) is 0 Å². The molecular weight excluding hydrogens is 302 g/mol. The molecule has 116 valence electrons. The molecule has 1 aromatic rings. The van der Waals surface area contributed by atoms with Crippen LogP contribution in [0.2, 0.25) is 5.02 Å². The van der Waals surface area contributed by atoms with Crippen molar-refractivity contribution in [1.82, 2.24) is 4.90 Å². The number of hydrogen-bond donors (Lipinski definition) is 2. The number of hydrogen-bond acceptors (Lipinski definition) is 2. The maximum Gasteiger partial charge on any atom is 0.322 e. The molecular formula is C14H17ClF2N2O2. The van der Waals surface area contributed by atoms with Gasteiger partial charge in [0.1, 0.15) is 5.69 Å². The second-order valence-corrected chi connectivity index (χ2v) is 5.69. The van der Waals surface area contributed by atoms with Crippen LogP contribution in [0.5, 0.6) is 0 Å². The fourth-order valence-corrected chi connectivity index (χ4v) is 2.77. The molecule has 0 saturated carbocycles. The SMILES string of the molecule is CC(O)CC1CCCN1C(=O)Nc1c(F)cc(Cl)cc1F. The molecule has 0 aromatic heterocycles. The third kappa shape index (κ3) is 3.83. The summed E-state index contributed by atoms with van der Waals surface area (Å²) in [5.41, 5.74) is -0.507. The van der Waals surface area contributed by atoms with Gasteiger partial charge in [0.05, 0.1) is 6.10 Å². The topological polar surface area (TPSA) is 52.6 Å². The lowest BCUT2D eigenvalue weighted by Gasteiger charge is -2.26. The van der Waals surface area contributed by atoms with Crippen LogP contribution in [0.15, 0.2) is 12.1 Å². The summed E-state index contributed by atoms with van der Waals surface area (Å²) in [5, 5.41) is 11.6. The van der Waals surface area contributed by atoms with Crippen molar-refractivity contribution in [2.75, 3.05) is 11.9 Å². The van der Waals surface area contributed by atoms with Crippen LogP contribution in [0.25, 0.3) is 0 Å². The number of aliphatic hydroxyl groups excluding tert-OH is 1. The number of aliphatic hydroxyl groups is 1. The summed E-state index contributed by atoms with van der Waals surface area (Å²) in [6, 6.07) is 1.19. The maximum absolute atomic E-state index is 13.7. The molecule has 0 aliphatic carbocycles. The Kier molecular flexibility index (Phi) is 5.00. The van der Waals surface area contributed by atoms with Gasteiger partial charge in [0.25, 0.3) is 0 Å². The zero-order valence-corrected chi connectivity index (χ0v) is 12.3. The second-order valence-electron chi connectivity index (χ2n) is 5.25. The van der Waals surface area contributed by atoms with Crippen LogP contribution in [-0.4, -0.2) is 34.7 Å². The van der Waals surface area contributed by atoms with E-state index in [1.165, 1.54) is 4.90 Å². The lowest BCUT2D eigenvalue weighted by atomic mass is 10.1. The fourth-order valence-electron chi connectivity index (χ4n) is 2.58. The Balaban J connectivity index is 2.11. The first-order valence-corrected chi connectivity index (χ1v) is 7.16. The van der Waals surface area contributed by atoms with E-state index < -0.39 is 29.5 Å². The molecule has 1 heterocycles. The first-order chi connectivity index (χ1) is 9.88. The monoisotopic (exact) mass is 318 g/mol. The standard InChI is InChI=1S/C14H17ClF2N2O2/c1-8(20)5-10-3-2-4-19(10)14(21)18-13-11(16)6-9(15)7-12(13)17/h6-8,10,20H,2-5H2,1H3,(H,18,21). The number of anilines is 1. The summed E-state index contributed by atoms with van der Waals surface area (Å²) in [5.74, 6) is -1.83. The number of urea groups is 1. The number of carbonyl (C=O) groups excluding carboxylic acids is 1. The van der Waals surface area contributed by atoms with Crippen molar-refractivity contribution in [3.63, 3.8) is 0 Å². The predicted molar refractivity (Wildman–Crippen MR) is 76.4 cm³/mol. The van der Waals surface area contributed by atoms with E-state index in [1.807, 2.05) is 0 Å². The third-order valence-electron chi connectivity index (χ3n) is 3.49. The van der Waals surface area contributed by atoms with Crippen molar-refractivity contribution in [2.24, 2.45) is 0 Å². The molecule has 2 atom stereocenters. The molecule has 2 rings (SSSR count). The number of carbonyl (C=O) groups is 1. The van der Waals surface area contributed by atoms with Crippen molar-refractivity contribution in [2.45, 2.75) is 38.3 Å². The van der Waals surface area contributed by atoms with Crippen LogP contribution in [0, 0.1) is 11.6 Å². The average molecular weight is 319 g/mol. The van der Waals surface area contributed by atoms with E-state index in [2.05, 4.69) is 5.32 Å². The van der Waals surface area contributed by atoms with Crippen molar-refractivity contribution in [1.29, 1.82) is 0 Å². The van der Waals surface area contributed by atoms with Gasteiger partial charge in [-0.15, -0.1) is 0 Å². The fraction of sp³-hybridized carbons (Fsp3) is 0.500. The maximum atomic E-state index is 13.7. The zero-order chi connectivity index (χ0) is 15.6. The van der Waals surface area contributed by atoms with Gasteiger partial charge in [0.2, 0.25) is 0 Å². The smallest absolute Gasteiger partial charge is 0.322 e. The van der Waals surface area contributed by atoms with Crippen molar-refractivity contribution >= 4 is 23.3 Å². The molecule has 1 saturated heterocycles. The average Bonchev–Trinajstić information content (AvgIpc) is 2.80. The van der Waals surface area contributed by atoms with Crippen LogP contribution in [0.3, 0.4) is 0 Å². The number of amides is 2. The Hall–Kier alpha value is -1.40. The van der Waals surface area contributed by atoms with Gasteiger partial charge in [0.15, 0.2) is 11.6 Å². The van der Waals surface area contributed by atoms with E-state index in [4.69, 9.17) is 11.6 Å². The molecule has 1 aromatic carbocycles. The number of likely N-dealkylation sites (tertiary alicyclic amines) is 1. The van der Waals surface area contributed by atoms with E-state index >= 15 is 0 Å². The van der Waals surface area contributed by atoms with Crippen LogP contribution >= 0.6 is 11.6 Å². The minimum Gasteiger partial charge on any atom is -0.393 e. The van der Waals surface area contributed by atoms with Crippen LogP contribution in [0.1, 0.15) is 26.2 Å². The van der Waals surface area contributed by atoms with E-state index in [-0.39, 0.29) is 11.1 Å².